The molecule has 2 aliphatic rings. The summed E-state index contributed by atoms with van der Waals surface area (Å²) in [4.78, 5) is 26.4. The predicted molar refractivity (Wildman–Crippen MR) is 131 cm³/mol. The summed E-state index contributed by atoms with van der Waals surface area (Å²) in [7, 11) is 1.72. The van der Waals surface area contributed by atoms with Crippen LogP contribution in [0.2, 0.25) is 0 Å². The van der Waals surface area contributed by atoms with Gasteiger partial charge in [-0.3, -0.25) is 9.69 Å². The fourth-order valence-corrected chi connectivity index (χ4v) is 6.44. The van der Waals surface area contributed by atoms with Gasteiger partial charge in [-0.15, -0.1) is 22.7 Å². The summed E-state index contributed by atoms with van der Waals surface area (Å²) in [5, 5.41) is 8.66. The summed E-state index contributed by atoms with van der Waals surface area (Å²) < 4.78 is 5.11. The molecule has 1 saturated carbocycles. The lowest BCUT2D eigenvalue weighted by molar-refractivity contribution is -0.121. The van der Waals surface area contributed by atoms with Gasteiger partial charge in [-0.1, -0.05) is 0 Å². The number of anilines is 1. The summed E-state index contributed by atoms with van der Waals surface area (Å²) >= 11 is 3.41. The molecule has 2 N–H and O–H groups in total. The molecule has 2 aromatic heterocycles. The van der Waals surface area contributed by atoms with Crippen molar-refractivity contribution < 1.29 is 9.53 Å². The fraction of sp³-hybridized carbons (Fsp3) is 0.696. The van der Waals surface area contributed by atoms with Gasteiger partial charge in [0.05, 0.1) is 23.7 Å². The van der Waals surface area contributed by atoms with Crippen molar-refractivity contribution >= 4 is 33.7 Å². The molecule has 0 saturated heterocycles. The summed E-state index contributed by atoms with van der Waals surface area (Å²) in [6, 6.07) is 0.337. The molecule has 0 bridgehead atoms. The predicted octanol–water partition coefficient (Wildman–Crippen LogP) is 3.63. The van der Waals surface area contributed by atoms with E-state index >= 15 is 0 Å². The minimum absolute atomic E-state index is 0.139. The number of rotatable bonds is 10. The Morgan fingerprint density at radius 3 is 2.88 bits per heavy atom. The highest BCUT2D eigenvalue weighted by Gasteiger charge is 2.25. The number of methoxy groups -OCH3 is 1. The van der Waals surface area contributed by atoms with E-state index in [1.165, 1.54) is 29.8 Å². The van der Waals surface area contributed by atoms with Crippen LogP contribution < -0.4 is 10.6 Å². The van der Waals surface area contributed by atoms with Gasteiger partial charge in [0.1, 0.15) is 0 Å². The lowest BCUT2D eigenvalue weighted by Gasteiger charge is -2.32. The van der Waals surface area contributed by atoms with Crippen molar-refractivity contribution in [2.45, 2.75) is 64.5 Å². The third-order valence-corrected chi connectivity index (χ3v) is 8.49. The van der Waals surface area contributed by atoms with Crippen LogP contribution in [0, 0.1) is 12.8 Å². The molecule has 1 amide bonds. The zero-order chi connectivity index (χ0) is 22.3. The standard InChI is InChI=1S/C23H35N5O2S2/c1-16-25-14-19(31-16)13-22(29)26-18-5-3-17(4-6-18)7-10-28-11-8-21-20(15-28)27-23(32-21)24-9-12-30-2/h14,17-18H,3-13,15H2,1-2H3,(H,24,27)(H,26,29). The van der Waals surface area contributed by atoms with E-state index in [4.69, 9.17) is 9.72 Å². The van der Waals surface area contributed by atoms with Gasteiger partial charge in [-0.05, 0) is 57.9 Å². The largest absolute Gasteiger partial charge is 0.383 e. The van der Waals surface area contributed by atoms with Crippen LogP contribution in [-0.2, 0) is 28.9 Å². The van der Waals surface area contributed by atoms with Crippen LogP contribution in [0.4, 0.5) is 5.13 Å². The number of hydrogen-bond acceptors (Lipinski definition) is 8. The number of aromatic nitrogens is 2. The molecule has 4 rings (SSSR count). The number of fused-ring (bicyclic) bond motifs is 1. The summed E-state index contributed by atoms with van der Waals surface area (Å²) in [6.07, 6.45) is 9.28. The summed E-state index contributed by atoms with van der Waals surface area (Å²) in [5.74, 6) is 0.913. The van der Waals surface area contributed by atoms with E-state index in [1.807, 2.05) is 13.1 Å². The molecule has 0 radical (unpaired) electrons. The van der Waals surface area contributed by atoms with Crippen LogP contribution in [0.25, 0.3) is 0 Å². The van der Waals surface area contributed by atoms with Crippen LogP contribution in [0.1, 0.15) is 52.6 Å². The van der Waals surface area contributed by atoms with Gasteiger partial charge in [0.15, 0.2) is 5.13 Å². The van der Waals surface area contributed by atoms with Crippen molar-refractivity contribution in [1.82, 2.24) is 20.2 Å². The Labute approximate surface area is 199 Å². The molecular weight excluding hydrogens is 442 g/mol. The van der Waals surface area contributed by atoms with Gasteiger partial charge in [0.2, 0.25) is 5.91 Å². The van der Waals surface area contributed by atoms with Gasteiger partial charge in [0.25, 0.3) is 0 Å². The molecule has 176 valence electrons. The van der Waals surface area contributed by atoms with Gasteiger partial charge in [-0.25, -0.2) is 9.97 Å². The number of aryl methyl sites for hydroxylation is 1. The second kappa shape index (κ2) is 11.5. The highest BCUT2D eigenvalue weighted by molar-refractivity contribution is 7.15. The number of nitrogens with one attached hydrogen (secondary N) is 2. The summed E-state index contributed by atoms with van der Waals surface area (Å²) in [6.45, 7) is 6.74. The number of carbonyl (C=O) groups is 1. The van der Waals surface area contributed by atoms with E-state index in [-0.39, 0.29) is 5.91 Å². The average molecular weight is 478 g/mol. The number of hydrogen-bond donors (Lipinski definition) is 2. The molecule has 32 heavy (non-hydrogen) atoms. The lowest BCUT2D eigenvalue weighted by atomic mass is 9.84. The zero-order valence-electron chi connectivity index (χ0n) is 19.2. The van der Waals surface area contributed by atoms with E-state index in [2.05, 4.69) is 20.5 Å². The molecule has 3 heterocycles. The molecule has 7 nitrogen and oxygen atoms in total. The lowest BCUT2D eigenvalue weighted by Crippen LogP contribution is -2.39. The Bertz CT molecular complexity index is 876. The number of nitrogens with zero attached hydrogens (tertiary/aromatic N) is 3. The molecular formula is C23H35N5O2S2. The van der Waals surface area contributed by atoms with Crippen LogP contribution in [0.15, 0.2) is 6.20 Å². The van der Waals surface area contributed by atoms with Crippen molar-refractivity contribution in [3.63, 3.8) is 0 Å². The van der Waals surface area contributed by atoms with Crippen molar-refractivity contribution in [1.29, 1.82) is 0 Å². The van der Waals surface area contributed by atoms with E-state index < -0.39 is 0 Å². The number of carbonyl (C=O) groups excluding carboxylic acids is 1. The third kappa shape index (κ3) is 6.73. The molecule has 0 spiro atoms. The van der Waals surface area contributed by atoms with Crippen LogP contribution in [0.3, 0.4) is 0 Å². The maximum absolute atomic E-state index is 12.3. The van der Waals surface area contributed by atoms with Gasteiger partial charge < -0.3 is 15.4 Å². The van der Waals surface area contributed by atoms with Gasteiger partial charge >= 0.3 is 0 Å². The monoisotopic (exact) mass is 477 g/mol. The van der Waals surface area contributed by atoms with Gasteiger partial charge in [-0.2, -0.15) is 0 Å². The minimum atomic E-state index is 0.139. The van der Waals surface area contributed by atoms with Crippen LogP contribution in [-0.4, -0.2) is 60.2 Å². The number of ether oxygens (including phenoxy) is 1. The second-order valence-electron chi connectivity index (χ2n) is 8.93. The van der Waals surface area contributed by atoms with E-state index in [0.717, 1.165) is 66.4 Å². The SMILES string of the molecule is COCCNc1nc2c(s1)CCN(CCC1CCC(NC(=O)Cc3cnc(C)s3)CC1)C2. The van der Waals surface area contributed by atoms with Crippen molar-refractivity contribution in [2.24, 2.45) is 5.92 Å². The zero-order valence-corrected chi connectivity index (χ0v) is 20.8. The van der Waals surface area contributed by atoms with E-state index in [0.29, 0.717) is 19.1 Å². The maximum atomic E-state index is 12.3. The van der Waals surface area contributed by atoms with Crippen molar-refractivity contribution in [2.75, 3.05) is 38.7 Å². The first kappa shape index (κ1) is 23.6. The van der Waals surface area contributed by atoms with E-state index in [9.17, 15) is 4.79 Å². The Kier molecular flexibility index (Phi) is 8.51. The molecule has 0 atom stereocenters. The highest BCUT2D eigenvalue weighted by atomic mass is 32.1. The smallest absolute Gasteiger partial charge is 0.225 e. The average Bonchev–Trinajstić information content (AvgIpc) is 3.38. The van der Waals surface area contributed by atoms with Gasteiger partial charge in [0, 0.05) is 48.7 Å². The topological polar surface area (TPSA) is 79.4 Å². The Morgan fingerprint density at radius 1 is 1.28 bits per heavy atom. The molecule has 9 heteroatoms. The Hall–Kier alpha value is -1.55. The number of amides is 1. The highest BCUT2D eigenvalue weighted by Crippen LogP contribution is 2.30. The Morgan fingerprint density at radius 2 is 2.12 bits per heavy atom. The molecule has 1 aliphatic heterocycles. The van der Waals surface area contributed by atoms with Crippen molar-refractivity contribution in [3.05, 3.63) is 26.7 Å². The normalized spacial score (nSPS) is 21.3. The molecule has 2 aromatic rings. The third-order valence-electron chi connectivity index (χ3n) is 6.46. The molecule has 0 aromatic carbocycles. The van der Waals surface area contributed by atoms with Crippen molar-refractivity contribution in [3.8, 4) is 0 Å². The first-order valence-electron chi connectivity index (χ1n) is 11.7. The number of thiazole rings is 2. The quantitative estimate of drug-likeness (QED) is 0.509. The van der Waals surface area contributed by atoms with E-state index in [1.54, 1.807) is 29.8 Å². The fourth-order valence-electron chi connectivity index (χ4n) is 4.66. The van der Waals surface area contributed by atoms with Crippen LogP contribution in [0.5, 0.6) is 0 Å². The summed E-state index contributed by atoms with van der Waals surface area (Å²) in [5.41, 5.74) is 1.25. The maximum Gasteiger partial charge on any atom is 0.225 e. The Balaban J connectivity index is 1.14. The second-order valence-corrected chi connectivity index (χ2v) is 11.3. The first-order valence-corrected chi connectivity index (χ1v) is 13.4. The van der Waals surface area contributed by atoms with Crippen LogP contribution >= 0.6 is 22.7 Å². The molecule has 0 unspecified atom stereocenters. The minimum Gasteiger partial charge on any atom is -0.383 e. The molecule has 1 aliphatic carbocycles. The first-order chi connectivity index (χ1) is 15.6. The molecule has 1 fully saturated rings.